The first-order chi connectivity index (χ1) is 9.19. The zero-order valence-electron chi connectivity index (χ0n) is 10.3. The maximum Gasteiger partial charge on any atom is 0.185 e. The topological polar surface area (TPSA) is 30.2 Å². The van der Waals surface area contributed by atoms with Crippen LogP contribution in [0.4, 0.5) is 0 Å². The number of aryl methyl sites for hydroxylation is 1. The molecule has 0 unspecified atom stereocenters. The fraction of sp³-hybridized carbons (Fsp3) is 0.0625. The lowest BCUT2D eigenvalue weighted by Gasteiger charge is -2.01. The fourth-order valence-corrected chi connectivity index (χ4v) is 2.54. The lowest BCUT2D eigenvalue weighted by atomic mass is 10.0. The SMILES string of the molecule is Cc1c(C=O)oc2cc(-c3ccc(I)cc3)ccc12. The van der Waals surface area contributed by atoms with Crippen molar-refractivity contribution in [3.63, 3.8) is 0 Å². The van der Waals surface area contributed by atoms with Gasteiger partial charge in [-0.2, -0.15) is 0 Å². The summed E-state index contributed by atoms with van der Waals surface area (Å²) < 4.78 is 6.77. The highest BCUT2D eigenvalue weighted by Crippen LogP contribution is 2.29. The predicted octanol–water partition coefficient (Wildman–Crippen LogP) is 4.83. The van der Waals surface area contributed by atoms with E-state index in [2.05, 4.69) is 52.9 Å². The molecule has 0 aliphatic carbocycles. The van der Waals surface area contributed by atoms with E-state index < -0.39 is 0 Å². The van der Waals surface area contributed by atoms with Crippen LogP contribution in [0, 0.1) is 10.5 Å². The Morgan fingerprint density at radius 1 is 1.05 bits per heavy atom. The standard InChI is InChI=1S/C16H11IO2/c1-10-14-7-4-12(8-15(14)19-16(10)9-18)11-2-5-13(17)6-3-11/h2-9H,1H3. The van der Waals surface area contributed by atoms with Crippen LogP contribution in [0.2, 0.25) is 0 Å². The Morgan fingerprint density at radius 2 is 1.74 bits per heavy atom. The minimum atomic E-state index is 0.412. The second-order valence-electron chi connectivity index (χ2n) is 4.43. The minimum Gasteiger partial charge on any atom is -0.453 e. The molecule has 0 saturated carbocycles. The van der Waals surface area contributed by atoms with Gasteiger partial charge in [-0.15, -0.1) is 0 Å². The Hall–Kier alpha value is -1.62. The van der Waals surface area contributed by atoms with Crippen molar-refractivity contribution in [3.05, 3.63) is 57.4 Å². The molecule has 0 atom stereocenters. The number of carbonyl (C=O) groups excluding carboxylic acids is 1. The van der Waals surface area contributed by atoms with Crippen molar-refractivity contribution in [2.45, 2.75) is 6.92 Å². The number of aldehydes is 1. The normalized spacial score (nSPS) is 10.8. The number of fused-ring (bicyclic) bond motifs is 1. The van der Waals surface area contributed by atoms with Gasteiger partial charge in [-0.05, 0) is 58.8 Å². The van der Waals surface area contributed by atoms with Crippen molar-refractivity contribution in [3.8, 4) is 11.1 Å². The first-order valence-electron chi connectivity index (χ1n) is 5.93. The van der Waals surface area contributed by atoms with Gasteiger partial charge in [0.2, 0.25) is 0 Å². The lowest BCUT2D eigenvalue weighted by molar-refractivity contribution is 0.110. The molecule has 1 heterocycles. The first-order valence-corrected chi connectivity index (χ1v) is 7.01. The van der Waals surface area contributed by atoms with Crippen LogP contribution in [0.1, 0.15) is 16.1 Å². The van der Waals surface area contributed by atoms with E-state index in [0.717, 1.165) is 33.9 Å². The quantitative estimate of drug-likeness (QED) is 0.483. The molecule has 3 aromatic rings. The first kappa shape index (κ1) is 12.4. The number of hydrogen-bond donors (Lipinski definition) is 0. The van der Waals surface area contributed by atoms with Crippen LogP contribution in [0.25, 0.3) is 22.1 Å². The third-order valence-corrected chi connectivity index (χ3v) is 3.98. The molecule has 3 heteroatoms. The molecule has 0 spiro atoms. The molecule has 0 aliphatic rings. The van der Waals surface area contributed by atoms with E-state index in [0.29, 0.717) is 5.76 Å². The molecule has 0 amide bonds. The van der Waals surface area contributed by atoms with E-state index in [9.17, 15) is 4.79 Å². The summed E-state index contributed by atoms with van der Waals surface area (Å²) in [5.74, 6) is 0.412. The molecular formula is C16H11IO2. The van der Waals surface area contributed by atoms with Gasteiger partial charge in [0.05, 0.1) is 0 Å². The lowest BCUT2D eigenvalue weighted by Crippen LogP contribution is -1.79. The molecule has 2 aromatic carbocycles. The molecule has 2 nitrogen and oxygen atoms in total. The summed E-state index contributed by atoms with van der Waals surface area (Å²) in [6, 6.07) is 14.4. The van der Waals surface area contributed by atoms with E-state index in [4.69, 9.17) is 4.42 Å². The largest absolute Gasteiger partial charge is 0.453 e. The van der Waals surface area contributed by atoms with Crippen LogP contribution >= 0.6 is 22.6 Å². The maximum atomic E-state index is 10.9. The summed E-state index contributed by atoms with van der Waals surface area (Å²) >= 11 is 2.29. The molecular weight excluding hydrogens is 351 g/mol. The molecule has 0 aliphatic heterocycles. The highest BCUT2D eigenvalue weighted by molar-refractivity contribution is 14.1. The summed E-state index contributed by atoms with van der Waals surface area (Å²) in [6.07, 6.45) is 0.764. The molecule has 0 bridgehead atoms. The summed E-state index contributed by atoms with van der Waals surface area (Å²) in [5.41, 5.74) is 3.90. The van der Waals surface area contributed by atoms with Gasteiger partial charge in [-0.3, -0.25) is 4.79 Å². The van der Waals surface area contributed by atoms with Gasteiger partial charge in [-0.25, -0.2) is 0 Å². The molecule has 0 fully saturated rings. The van der Waals surface area contributed by atoms with Gasteiger partial charge in [0.1, 0.15) is 5.58 Å². The van der Waals surface area contributed by atoms with E-state index in [1.165, 1.54) is 3.57 Å². The minimum absolute atomic E-state index is 0.412. The van der Waals surface area contributed by atoms with Crippen LogP contribution in [0.15, 0.2) is 46.9 Å². The highest BCUT2D eigenvalue weighted by Gasteiger charge is 2.10. The van der Waals surface area contributed by atoms with Gasteiger partial charge in [0, 0.05) is 14.5 Å². The van der Waals surface area contributed by atoms with E-state index in [1.54, 1.807) is 0 Å². The molecule has 1 aromatic heterocycles. The zero-order chi connectivity index (χ0) is 13.4. The van der Waals surface area contributed by atoms with Gasteiger partial charge in [-0.1, -0.05) is 24.3 Å². The van der Waals surface area contributed by atoms with Crippen LogP contribution < -0.4 is 0 Å². The van der Waals surface area contributed by atoms with Crippen molar-refractivity contribution in [2.75, 3.05) is 0 Å². The number of benzene rings is 2. The van der Waals surface area contributed by atoms with Crippen LogP contribution in [-0.2, 0) is 0 Å². The number of carbonyl (C=O) groups is 1. The van der Waals surface area contributed by atoms with E-state index >= 15 is 0 Å². The molecule has 0 radical (unpaired) electrons. The summed E-state index contributed by atoms with van der Waals surface area (Å²) in [7, 11) is 0. The summed E-state index contributed by atoms with van der Waals surface area (Å²) in [4.78, 5) is 10.9. The van der Waals surface area contributed by atoms with Crippen LogP contribution in [0.3, 0.4) is 0 Å². The Morgan fingerprint density at radius 3 is 2.42 bits per heavy atom. The van der Waals surface area contributed by atoms with Crippen molar-refractivity contribution in [1.29, 1.82) is 0 Å². The summed E-state index contributed by atoms with van der Waals surface area (Å²) in [6.45, 7) is 1.90. The third-order valence-electron chi connectivity index (χ3n) is 3.26. The second kappa shape index (κ2) is 4.81. The van der Waals surface area contributed by atoms with Crippen molar-refractivity contribution in [2.24, 2.45) is 0 Å². The monoisotopic (exact) mass is 362 g/mol. The Labute approximate surface area is 124 Å². The van der Waals surface area contributed by atoms with Crippen molar-refractivity contribution >= 4 is 39.8 Å². The fourth-order valence-electron chi connectivity index (χ4n) is 2.18. The Balaban J connectivity index is 2.16. The van der Waals surface area contributed by atoms with Gasteiger partial charge < -0.3 is 4.42 Å². The summed E-state index contributed by atoms with van der Waals surface area (Å²) in [5, 5.41) is 0.997. The van der Waals surface area contributed by atoms with Crippen LogP contribution in [0.5, 0.6) is 0 Å². The molecule has 0 saturated heterocycles. The molecule has 3 rings (SSSR count). The average Bonchev–Trinajstić information content (AvgIpc) is 2.76. The Kier molecular flexibility index (Phi) is 3.14. The number of rotatable bonds is 2. The average molecular weight is 362 g/mol. The third kappa shape index (κ3) is 2.18. The zero-order valence-corrected chi connectivity index (χ0v) is 12.5. The number of hydrogen-bond acceptors (Lipinski definition) is 2. The number of furan rings is 1. The number of halogens is 1. The highest BCUT2D eigenvalue weighted by atomic mass is 127. The van der Waals surface area contributed by atoms with Crippen LogP contribution in [-0.4, -0.2) is 6.29 Å². The van der Waals surface area contributed by atoms with E-state index in [1.807, 2.05) is 19.1 Å². The van der Waals surface area contributed by atoms with Gasteiger partial charge in [0.15, 0.2) is 12.0 Å². The predicted molar refractivity (Wildman–Crippen MR) is 84.5 cm³/mol. The smallest absolute Gasteiger partial charge is 0.185 e. The molecule has 19 heavy (non-hydrogen) atoms. The van der Waals surface area contributed by atoms with Gasteiger partial charge >= 0.3 is 0 Å². The molecule has 94 valence electrons. The van der Waals surface area contributed by atoms with Crippen molar-refractivity contribution in [1.82, 2.24) is 0 Å². The van der Waals surface area contributed by atoms with Crippen molar-refractivity contribution < 1.29 is 9.21 Å². The van der Waals surface area contributed by atoms with E-state index in [-0.39, 0.29) is 0 Å². The van der Waals surface area contributed by atoms with Gasteiger partial charge in [0.25, 0.3) is 0 Å². The second-order valence-corrected chi connectivity index (χ2v) is 5.67. The Bertz CT molecular complexity index is 754. The maximum absolute atomic E-state index is 10.9. The molecule has 0 N–H and O–H groups in total.